The van der Waals surface area contributed by atoms with E-state index in [2.05, 4.69) is 10.1 Å². The lowest BCUT2D eigenvalue weighted by molar-refractivity contribution is 0.0940. The Bertz CT molecular complexity index is 1250. The minimum Gasteiger partial charge on any atom is -0.495 e. The topological polar surface area (TPSA) is 87.2 Å². The fraction of sp³-hybridized carbons (Fsp3) is 0.348. The van der Waals surface area contributed by atoms with Crippen LogP contribution in [-0.2, 0) is 11.3 Å². The molecule has 8 heteroatoms. The van der Waals surface area contributed by atoms with E-state index in [4.69, 9.17) is 14.5 Å². The molecule has 0 radical (unpaired) electrons. The summed E-state index contributed by atoms with van der Waals surface area (Å²) in [4.78, 5) is 9.08. The largest absolute Gasteiger partial charge is 0.495 e. The first-order chi connectivity index (χ1) is 15.0. The fourth-order valence-corrected chi connectivity index (χ4v) is 4.26. The first-order valence-corrected chi connectivity index (χ1v) is 10.4. The molecule has 0 saturated carbocycles. The van der Waals surface area contributed by atoms with Gasteiger partial charge >= 0.3 is 0 Å². The number of aromatic hydroxyl groups is 1. The third-order valence-corrected chi connectivity index (χ3v) is 5.85. The van der Waals surface area contributed by atoms with Gasteiger partial charge in [0.2, 0.25) is 5.88 Å². The quantitative estimate of drug-likeness (QED) is 0.530. The van der Waals surface area contributed by atoms with Crippen LogP contribution in [0.3, 0.4) is 0 Å². The zero-order valence-corrected chi connectivity index (χ0v) is 17.9. The van der Waals surface area contributed by atoms with Gasteiger partial charge in [-0.05, 0) is 44.4 Å². The summed E-state index contributed by atoms with van der Waals surface area (Å²) in [5, 5.41) is 16.5. The van der Waals surface area contributed by atoms with Gasteiger partial charge in [0.25, 0.3) is 0 Å². The molecule has 1 aliphatic heterocycles. The Balaban J connectivity index is 1.57. The fourth-order valence-electron chi connectivity index (χ4n) is 4.26. The van der Waals surface area contributed by atoms with E-state index < -0.39 is 0 Å². The first kappa shape index (κ1) is 19.6. The molecular formula is C23H25N5O3. The summed E-state index contributed by atoms with van der Waals surface area (Å²) >= 11 is 0. The molecule has 0 amide bonds. The third-order valence-electron chi connectivity index (χ3n) is 5.85. The van der Waals surface area contributed by atoms with Gasteiger partial charge < -0.3 is 14.6 Å². The lowest BCUT2D eigenvalue weighted by atomic mass is 10.1. The number of aromatic nitrogens is 5. The Kier molecular flexibility index (Phi) is 4.86. The molecule has 0 aliphatic carbocycles. The Labute approximate surface area is 180 Å². The van der Waals surface area contributed by atoms with Crippen LogP contribution >= 0.6 is 0 Å². The SMILES string of the molecule is COc1cncc(-c2cc(C)c3c(O)n(-c4ccn(CC5CCCO5)n4)c(C)c3n2)c1. The van der Waals surface area contributed by atoms with Crippen molar-refractivity contribution in [1.82, 2.24) is 24.3 Å². The summed E-state index contributed by atoms with van der Waals surface area (Å²) < 4.78 is 14.6. The Morgan fingerprint density at radius 2 is 2.13 bits per heavy atom. The van der Waals surface area contributed by atoms with Crippen molar-refractivity contribution < 1.29 is 14.6 Å². The molecule has 160 valence electrons. The number of hydrogen-bond donors (Lipinski definition) is 1. The van der Waals surface area contributed by atoms with E-state index in [0.29, 0.717) is 18.1 Å². The van der Waals surface area contributed by atoms with E-state index in [1.165, 1.54) is 0 Å². The predicted molar refractivity (Wildman–Crippen MR) is 117 cm³/mol. The third kappa shape index (κ3) is 3.42. The lowest BCUT2D eigenvalue weighted by Gasteiger charge is -2.09. The van der Waals surface area contributed by atoms with Gasteiger partial charge in [0.15, 0.2) is 5.82 Å². The maximum Gasteiger partial charge on any atom is 0.207 e. The van der Waals surface area contributed by atoms with E-state index in [-0.39, 0.29) is 12.0 Å². The van der Waals surface area contributed by atoms with Crippen molar-refractivity contribution in [1.29, 1.82) is 0 Å². The van der Waals surface area contributed by atoms with E-state index in [9.17, 15) is 5.11 Å². The molecule has 0 bridgehead atoms. The highest BCUT2D eigenvalue weighted by atomic mass is 16.5. The number of aryl methyl sites for hydroxylation is 2. The molecule has 1 unspecified atom stereocenters. The summed E-state index contributed by atoms with van der Waals surface area (Å²) in [6.07, 6.45) is 7.70. The number of rotatable bonds is 5. The van der Waals surface area contributed by atoms with Gasteiger partial charge in [0.1, 0.15) is 5.75 Å². The lowest BCUT2D eigenvalue weighted by Crippen LogP contribution is -2.15. The highest BCUT2D eigenvalue weighted by Gasteiger charge is 2.22. The van der Waals surface area contributed by atoms with Crippen LogP contribution in [0.15, 0.2) is 36.8 Å². The van der Waals surface area contributed by atoms with Crippen LogP contribution in [-0.4, -0.2) is 49.2 Å². The highest BCUT2D eigenvalue weighted by Crippen LogP contribution is 2.37. The molecule has 8 nitrogen and oxygen atoms in total. The van der Waals surface area contributed by atoms with Gasteiger partial charge in [0.05, 0.1) is 48.2 Å². The summed E-state index contributed by atoms with van der Waals surface area (Å²) in [5.74, 6) is 1.48. The molecule has 0 aromatic carbocycles. The molecule has 1 aliphatic rings. The molecule has 5 heterocycles. The summed E-state index contributed by atoms with van der Waals surface area (Å²) in [6, 6.07) is 5.76. The van der Waals surface area contributed by atoms with Gasteiger partial charge in [-0.2, -0.15) is 5.10 Å². The average molecular weight is 419 g/mol. The standard InChI is InChI=1S/C23H25N5O3/c1-14-9-19(16-10-18(30-3)12-24-11-16)25-22-15(2)28(23(29)21(14)22)20-6-7-27(26-20)13-17-5-4-8-31-17/h6-7,9-12,17,29H,4-5,8,13H2,1-3H3. The maximum atomic E-state index is 11.1. The number of pyridine rings is 2. The first-order valence-electron chi connectivity index (χ1n) is 10.4. The van der Waals surface area contributed by atoms with Crippen molar-refractivity contribution in [2.45, 2.75) is 39.3 Å². The van der Waals surface area contributed by atoms with Crippen LogP contribution in [0.2, 0.25) is 0 Å². The minimum absolute atomic E-state index is 0.148. The second-order valence-corrected chi connectivity index (χ2v) is 7.94. The van der Waals surface area contributed by atoms with E-state index in [1.54, 1.807) is 24.1 Å². The zero-order chi connectivity index (χ0) is 21.5. The Hall–Kier alpha value is -3.39. The second kappa shape index (κ2) is 7.70. The molecule has 1 fully saturated rings. The number of fused-ring (bicyclic) bond motifs is 1. The maximum absolute atomic E-state index is 11.1. The van der Waals surface area contributed by atoms with Crippen molar-refractivity contribution in [2.24, 2.45) is 0 Å². The summed E-state index contributed by atoms with van der Waals surface area (Å²) in [5.41, 5.74) is 4.14. The minimum atomic E-state index is 0.148. The molecule has 1 N–H and O–H groups in total. The van der Waals surface area contributed by atoms with Crippen LogP contribution in [0.5, 0.6) is 11.6 Å². The number of ether oxygens (including phenoxy) is 2. The van der Waals surface area contributed by atoms with Crippen LogP contribution < -0.4 is 4.74 Å². The van der Waals surface area contributed by atoms with E-state index in [1.807, 2.05) is 42.9 Å². The van der Waals surface area contributed by atoms with Gasteiger partial charge in [-0.15, -0.1) is 0 Å². The van der Waals surface area contributed by atoms with Crippen molar-refractivity contribution in [3.8, 4) is 28.7 Å². The molecule has 4 aromatic rings. The van der Waals surface area contributed by atoms with Crippen molar-refractivity contribution >= 4 is 10.9 Å². The van der Waals surface area contributed by atoms with Gasteiger partial charge in [0, 0.05) is 30.6 Å². The van der Waals surface area contributed by atoms with E-state index in [0.717, 1.165) is 52.9 Å². The molecule has 4 aromatic heterocycles. The highest BCUT2D eigenvalue weighted by molar-refractivity contribution is 5.93. The number of methoxy groups -OCH3 is 1. The van der Waals surface area contributed by atoms with Crippen molar-refractivity contribution in [3.05, 3.63) is 48.0 Å². The summed E-state index contributed by atoms with van der Waals surface area (Å²) in [7, 11) is 1.61. The van der Waals surface area contributed by atoms with Crippen LogP contribution in [0.25, 0.3) is 28.0 Å². The monoisotopic (exact) mass is 419 g/mol. The van der Waals surface area contributed by atoms with Gasteiger partial charge in [-0.3, -0.25) is 14.2 Å². The van der Waals surface area contributed by atoms with Crippen LogP contribution in [0.1, 0.15) is 24.1 Å². The molecule has 1 saturated heterocycles. The molecule has 31 heavy (non-hydrogen) atoms. The van der Waals surface area contributed by atoms with E-state index >= 15 is 0 Å². The zero-order valence-electron chi connectivity index (χ0n) is 17.9. The van der Waals surface area contributed by atoms with Crippen LogP contribution in [0.4, 0.5) is 0 Å². The molecular weight excluding hydrogens is 394 g/mol. The molecule has 0 spiro atoms. The normalized spacial score (nSPS) is 16.3. The Morgan fingerprint density at radius 1 is 1.26 bits per heavy atom. The summed E-state index contributed by atoms with van der Waals surface area (Å²) in [6.45, 7) is 5.45. The van der Waals surface area contributed by atoms with Crippen molar-refractivity contribution in [2.75, 3.05) is 13.7 Å². The molecule has 5 rings (SSSR count). The Morgan fingerprint density at radius 3 is 2.90 bits per heavy atom. The van der Waals surface area contributed by atoms with Gasteiger partial charge in [-0.1, -0.05) is 0 Å². The van der Waals surface area contributed by atoms with Crippen molar-refractivity contribution in [3.63, 3.8) is 0 Å². The van der Waals surface area contributed by atoms with Crippen LogP contribution in [0, 0.1) is 13.8 Å². The second-order valence-electron chi connectivity index (χ2n) is 7.94. The predicted octanol–water partition coefficient (Wildman–Crippen LogP) is 3.79. The smallest absolute Gasteiger partial charge is 0.207 e. The molecule has 1 atom stereocenters. The van der Waals surface area contributed by atoms with Gasteiger partial charge in [-0.25, -0.2) is 4.98 Å². The average Bonchev–Trinajstić information content (AvgIpc) is 3.50. The number of hydrogen-bond acceptors (Lipinski definition) is 6. The number of nitrogens with zero attached hydrogens (tertiary/aromatic N) is 5.